The number of likely N-dealkylation sites (tertiary alicyclic amines) is 1. The predicted molar refractivity (Wildman–Crippen MR) is 288 cm³/mol. The van der Waals surface area contributed by atoms with Gasteiger partial charge in [-0.05, 0) is 92.1 Å². The van der Waals surface area contributed by atoms with Gasteiger partial charge in [-0.15, -0.1) is 32.9 Å². The van der Waals surface area contributed by atoms with E-state index in [0.29, 0.717) is 61.4 Å². The number of hydrogen-bond acceptors (Lipinski definition) is 14. The van der Waals surface area contributed by atoms with Crippen molar-refractivity contribution in [2.75, 3.05) is 44.9 Å². The molecule has 390 valence electrons. The molecule has 5 heterocycles. The number of aliphatic imine (C=N–C) groups is 1. The Labute approximate surface area is 444 Å². The van der Waals surface area contributed by atoms with Gasteiger partial charge < -0.3 is 34.9 Å². The van der Waals surface area contributed by atoms with Gasteiger partial charge in [-0.2, -0.15) is 0 Å². The molecule has 16 nitrogen and oxygen atoms in total. The second kappa shape index (κ2) is 24.5. The number of thiophene rings is 1. The summed E-state index contributed by atoms with van der Waals surface area (Å²) in [6.07, 6.45) is 2.97. The number of nitrogens with one attached hydrogen (secondary N) is 2. The van der Waals surface area contributed by atoms with E-state index in [2.05, 4.69) is 39.7 Å². The van der Waals surface area contributed by atoms with Crippen LogP contribution in [0.4, 0.5) is 5.69 Å². The molecule has 0 spiro atoms. The maximum absolute atomic E-state index is 14.0. The number of hydrogen-bond donors (Lipinski definition) is 3. The number of aliphatic hydroxyl groups is 1. The third-order valence-electron chi connectivity index (χ3n) is 13.1. The molecule has 3 N–H and O–H groups in total. The second-order valence-corrected chi connectivity index (χ2v) is 22.2. The first kappa shape index (κ1) is 54.1. The number of aliphatic hydroxyl groups excluding tert-OH is 1. The number of ether oxygens (including phenoxy) is 3. The fourth-order valence-corrected chi connectivity index (χ4v) is 11.1. The first-order chi connectivity index (χ1) is 35.5. The van der Waals surface area contributed by atoms with E-state index in [4.69, 9.17) is 30.8 Å². The van der Waals surface area contributed by atoms with E-state index in [1.807, 2.05) is 86.3 Å². The van der Waals surface area contributed by atoms with Crippen LogP contribution in [0.1, 0.15) is 97.6 Å². The van der Waals surface area contributed by atoms with Crippen LogP contribution < -0.4 is 15.4 Å². The van der Waals surface area contributed by atoms with Crippen molar-refractivity contribution in [3.8, 4) is 21.2 Å². The molecule has 3 amide bonds. The molecule has 2 aliphatic rings. The average Bonchev–Trinajstić information content (AvgIpc) is 4.18. The number of rotatable bonds is 22. The number of nitrogens with zero attached hydrogens (tertiary/aromatic N) is 6. The Morgan fingerprint density at radius 3 is 2.30 bits per heavy atom. The minimum Gasteiger partial charge on any atom is -0.494 e. The molecule has 0 saturated carbocycles. The molecule has 1 unspecified atom stereocenters. The summed E-state index contributed by atoms with van der Waals surface area (Å²) in [5, 5.41) is 26.6. The molecule has 1 saturated heterocycles. The summed E-state index contributed by atoms with van der Waals surface area (Å²) in [5.41, 5.74) is 8.60. The van der Waals surface area contributed by atoms with Crippen molar-refractivity contribution in [3.63, 3.8) is 0 Å². The van der Waals surface area contributed by atoms with Crippen molar-refractivity contribution in [3.05, 3.63) is 128 Å². The van der Waals surface area contributed by atoms with Crippen LogP contribution >= 0.6 is 34.3 Å². The van der Waals surface area contributed by atoms with E-state index in [1.165, 1.54) is 4.90 Å². The van der Waals surface area contributed by atoms with Gasteiger partial charge in [0.05, 0.1) is 47.0 Å². The van der Waals surface area contributed by atoms with Crippen LogP contribution in [0.2, 0.25) is 5.02 Å². The van der Waals surface area contributed by atoms with Crippen LogP contribution in [0.5, 0.6) is 5.75 Å². The lowest BCUT2D eigenvalue weighted by molar-refractivity contribution is -0.144. The molecule has 0 bridgehead atoms. The third kappa shape index (κ3) is 13.4. The van der Waals surface area contributed by atoms with Gasteiger partial charge in [0.15, 0.2) is 11.6 Å². The molecule has 6 aromatic rings. The first-order valence-electron chi connectivity index (χ1n) is 24.9. The monoisotopic (exact) mass is 1060 g/mol. The Kier molecular flexibility index (Phi) is 17.9. The molecule has 0 aliphatic carbocycles. The molecule has 0 radical (unpaired) electrons. The Hall–Kier alpha value is -6.15. The molecular weight excluding hydrogens is 1000 g/mol. The zero-order valence-corrected chi connectivity index (χ0v) is 44.9. The number of halogens is 1. The van der Waals surface area contributed by atoms with Gasteiger partial charge in [0, 0.05) is 72.3 Å². The molecule has 8 rings (SSSR count). The number of aryl methyl sites for hydroxylation is 3. The van der Waals surface area contributed by atoms with Crippen molar-refractivity contribution in [2.45, 2.75) is 104 Å². The van der Waals surface area contributed by atoms with E-state index in [0.717, 1.165) is 54.0 Å². The number of amides is 3. The fraction of sp³-hybridized carbons (Fsp3) is 0.418. The van der Waals surface area contributed by atoms with Gasteiger partial charge in [-0.3, -0.25) is 28.7 Å². The Bertz CT molecular complexity index is 2950. The SMILES string of the molecule is Cc1ncsc1-c1ccc(CCC(=O)[C@@H]2C[C@@H](O)CN2C(=O)[C@@H](NC(=O)COCCCOCCCOc2ccc(NC(=O)CC3N=C(c4ccc(Cl)cc4)c4c(sc(C)c4C)-n4cnnc43)cc2)C(C)(C)C)cc1. The zero-order valence-electron chi connectivity index (χ0n) is 42.6. The number of carbonyl (C=O) groups is 4. The summed E-state index contributed by atoms with van der Waals surface area (Å²) >= 11 is 9.47. The van der Waals surface area contributed by atoms with Crippen LogP contribution in [-0.2, 0) is 35.1 Å². The highest BCUT2D eigenvalue weighted by molar-refractivity contribution is 7.15. The van der Waals surface area contributed by atoms with Crippen LogP contribution in [-0.4, -0.2) is 117 Å². The number of carbonyl (C=O) groups excluding carboxylic acids is 4. The lowest BCUT2D eigenvalue weighted by Gasteiger charge is -2.35. The summed E-state index contributed by atoms with van der Waals surface area (Å²) in [7, 11) is 0. The highest BCUT2D eigenvalue weighted by Gasteiger charge is 2.44. The topological polar surface area (TPSA) is 199 Å². The standard InChI is InChI=1S/C55H63ClN8O8S2/c1-33-35(3)74-54-48(33)49(37-14-16-39(56)17-15-37)60-43(52-62-58-31-64(52)54)28-46(67)59-40-18-20-42(21-19-40)72-26-8-24-70-23-7-25-71-30-47(68)61-51(55(4,5)6)53(69)63-29-41(65)27-44(63)45(66)22-11-36-9-12-38(13-10-36)50-34(2)57-32-73-50/h9-10,12-21,31-32,41,43-44,51,65H,7-8,11,22-30H2,1-6H3,(H,59,67)(H,61,68)/t41-,43?,44+,51-/m1/s1. The van der Waals surface area contributed by atoms with Crippen LogP contribution in [0, 0.1) is 26.2 Å². The minimum absolute atomic E-state index is 0.0225. The maximum atomic E-state index is 14.0. The summed E-state index contributed by atoms with van der Waals surface area (Å²) in [6, 6.07) is 20.5. The Morgan fingerprint density at radius 1 is 0.892 bits per heavy atom. The van der Waals surface area contributed by atoms with Gasteiger partial charge in [-0.25, -0.2) is 4.98 Å². The molecule has 74 heavy (non-hydrogen) atoms. The smallest absolute Gasteiger partial charge is 0.246 e. The van der Waals surface area contributed by atoms with E-state index < -0.39 is 41.5 Å². The highest BCUT2D eigenvalue weighted by atomic mass is 35.5. The number of anilines is 1. The number of Topliss-reactive ketones (excluding diaryl/α,β-unsaturated/α-hetero) is 1. The quantitative estimate of drug-likeness (QED) is 0.0549. The van der Waals surface area contributed by atoms with E-state index in [-0.39, 0.29) is 50.7 Å². The van der Waals surface area contributed by atoms with Crippen LogP contribution in [0.25, 0.3) is 15.4 Å². The van der Waals surface area contributed by atoms with E-state index in [1.54, 1.807) is 53.3 Å². The van der Waals surface area contributed by atoms with E-state index >= 15 is 0 Å². The molecule has 3 aromatic carbocycles. The van der Waals surface area contributed by atoms with Gasteiger partial charge in [0.25, 0.3) is 0 Å². The van der Waals surface area contributed by atoms with E-state index in [9.17, 15) is 24.3 Å². The third-order valence-corrected chi connectivity index (χ3v) is 15.5. The zero-order chi connectivity index (χ0) is 52.5. The van der Waals surface area contributed by atoms with Crippen molar-refractivity contribution in [1.82, 2.24) is 30.0 Å². The average molecular weight is 1060 g/mol. The number of ketones is 1. The number of fused-ring (bicyclic) bond motifs is 3. The van der Waals surface area contributed by atoms with Crippen molar-refractivity contribution in [1.29, 1.82) is 0 Å². The second-order valence-electron chi connectivity index (χ2n) is 19.7. The van der Waals surface area contributed by atoms with Gasteiger partial charge in [0.1, 0.15) is 35.8 Å². The van der Waals surface area contributed by atoms with Crippen molar-refractivity contribution >= 4 is 69.2 Å². The number of β-amino-alcohol motifs (C(OH)–C–C–N with tert-alkyl or cyclic N) is 1. The van der Waals surface area contributed by atoms with Crippen molar-refractivity contribution in [2.24, 2.45) is 10.4 Å². The molecule has 2 aliphatic heterocycles. The maximum Gasteiger partial charge on any atom is 0.246 e. The van der Waals surface area contributed by atoms with Gasteiger partial charge >= 0.3 is 0 Å². The lowest BCUT2D eigenvalue weighted by Crippen LogP contribution is -2.57. The number of aromatic nitrogens is 4. The summed E-state index contributed by atoms with van der Waals surface area (Å²) < 4.78 is 19.2. The largest absolute Gasteiger partial charge is 0.494 e. The molecule has 1 fully saturated rings. The van der Waals surface area contributed by atoms with Gasteiger partial charge in [-0.1, -0.05) is 68.8 Å². The molecule has 4 atom stereocenters. The van der Waals surface area contributed by atoms with Crippen LogP contribution in [0.15, 0.2) is 89.6 Å². The van der Waals surface area contributed by atoms with Crippen molar-refractivity contribution < 1.29 is 38.5 Å². The lowest BCUT2D eigenvalue weighted by atomic mass is 9.85. The van der Waals surface area contributed by atoms with Crippen LogP contribution in [0.3, 0.4) is 0 Å². The first-order valence-corrected chi connectivity index (χ1v) is 26.9. The predicted octanol–water partition coefficient (Wildman–Crippen LogP) is 8.84. The normalized spacial score (nSPS) is 16.7. The number of benzene rings is 3. The molecule has 3 aromatic heterocycles. The van der Waals surface area contributed by atoms with Gasteiger partial charge in [0.2, 0.25) is 17.7 Å². The fourth-order valence-electron chi connectivity index (χ4n) is 9.05. The minimum atomic E-state index is -0.935. The number of thiazole rings is 1. The molecular formula is C55H63ClN8O8S2. The highest BCUT2D eigenvalue weighted by Crippen LogP contribution is 2.39. The Morgan fingerprint density at radius 2 is 1.59 bits per heavy atom. The Balaban J connectivity index is 0.717. The summed E-state index contributed by atoms with van der Waals surface area (Å²) in [5.74, 6) is 0.0455. The molecule has 19 heteroatoms. The summed E-state index contributed by atoms with van der Waals surface area (Å²) in [6.45, 7) is 13.0. The summed E-state index contributed by atoms with van der Waals surface area (Å²) in [4.78, 5) is 67.3.